The van der Waals surface area contributed by atoms with Crippen molar-refractivity contribution >= 4 is 16.3 Å². The van der Waals surface area contributed by atoms with Crippen molar-refractivity contribution in [3.05, 3.63) is 53.6 Å². The van der Waals surface area contributed by atoms with Crippen LogP contribution in [0.15, 0.2) is 48.0 Å². The summed E-state index contributed by atoms with van der Waals surface area (Å²) in [5, 5.41) is 2.81. The highest BCUT2D eigenvalue weighted by Gasteiger charge is 2.30. The average Bonchev–Trinajstić information content (AvgIpc) is 3.00. The van der Waals surface area contributed by atoms with Gasteiger partial charge in [-0.25, -0.2) is 0 Å². The molecule has 2 aliphatic carbocycles. The molecule has 0 aliphatic heterocycles. The van der Waals surface area contributed by atoms with E-state index in [2.05, 4.69) is 42.5 Å². The molecule has 4 rings (SSSR count). The van der Waals surface area contributed by atoms with Gasteiger partial charge < -0.3 is 0 Å². The van der Waals surface area contributed by atoms with Crippen LogP contribution in [-0.4, -0.2) is 0 Å². The molecule has 0 heterocycles. The number of allylic oxidation sites excluding steroid dienone is 2. The first-order valence-corrected chi connectivity index (χ1v) is 6.61. The van der Waals surface area contributed by atoms with Gasteiger partial charge >= 0.3 is 0 Å². The van der Waals surface area contributed by atoms with Crippen molar-refractivity contribution in [2.45, 2.75) is 25.7 Å². The molecule has 0 N–H and O–H groups in total. The molecule has 0 radical (unpaired) electrons. The van der Waals surface area contributed by atoms with Gasteiger partial charge in [0.05, 0.1) is 0 Å². The van der Waals surface area contributed by atoms with Crippen molar-refractivity contribution in [2.75, 3.05) is 0 Å². The van der Waals surface area contributed by atoms with Crippen LogP contribution in [-0.2, 0) is 0 Å². The zero-order valence-corrected chi connectivity index (χ0v) is 9.95. The second kappa shape index (κ2) is 3.46. The topological polar surface area (TPSA) is 0 Å². The summed E-state index contributed by atoms with van der Waals surface area (Å²) in [4.78, 5) is 0. The second-order valence-corrected chi connectivity index (χ2v) is 5.42. The normalized spacial score (nSPS) is 22.7. The van der Waals surface area contributed by atoms with Gasteiger partial charge in [-0.1, -0.05) is 48.0 Å². The molecule has 0 heteroatoms. The Hall–Kier alpha value is -1.56. The maximum Gasteiger partial charge on any atom is -0.0109 e. The zero-order valence-electron chi connectivity index (χ0n) is 9.95. The summed E-state index contributed by atoms with van der Waals surface area (Å²) >= 11 is 0. The quantitative estimate of drug-likeness (QED) is 0.647. The molecule has 17 heavy (non-hydrogen) atoms. The summed E-state index contributed by atoms with van der Waals surface area (Å²) in [6.45, 7) is 0. The third-order valence-corrected chi connectivity index (χ3v) is 4.42. The third kappa shape index (κ3) is 1.37. The van der Waals surface area contributed by atoms with E-state index in [0.29, 0.717) is 0 Å². The standard InChI is InChI=1S/C17H16/c1-2-6-15-13(4-1)5-3-7-16(15)17-11-12-8-9-14(17)10-12/h1-7,12H,8-11H2. The highest BCUT2D eigenvalue weighted by atomic mass is 14.4. The van der Waals surface area contributed by atoms with E-state index in [4.69, 9.17) is 0 Å². The van der Waals surface area contributed by atoms with Gasteiger partial charge in [-0.05, 0) is 53.5 Å². The summed E-state index contributed by atoms with van der Waals surface area (Å²) < 4.78 is 0. The van der Waals surface area contributed by atoms with Gasteiger partial charge in [-0.15, -0.1) is 0 Å². The molecule has 2 aliphatic rings. The molecule has 1 fully saturated rings. The zero-order chi connectivity index (χ0) is 11.2. The van der Waals surface area contributed by atoms with Crippen molar-refractivity contribution in [3.63, 3.8) is 0 Å². The molecular weight excluding hydrogens is 204 g/mol. The van der Waals surface area contributed by atoms with Gasteiger partial charge in [0.25, 0.3) is 0 Å². The van der Waals surface area contributed by atoms with Crippen LogP contribution in [0.25, 0.3) is 16.3 Å². The average molecular weight is 220 g/mol. The fraction of sp³-hybridized carbons (Fsp3) is 0.294. The number of hydrogen-bond acceptors (Lipinski definition) is 0. The molecule has 1 atom stereocenters. The monoisotopic (exact) mass is 220 g/mol. The lowest BCUT2D eigenvalue weighted by Crippen LogP contribution is -1.94. The van der Waals surface area contributed by atoms with Crippen molar-refractivity contribution < 1.29 is 0 Å². The first kappa shape index (κ1) is 9.47. The molecule has 0 amide bonds. The van der Waals surface area contributed by atoms with Crippen LogP contribution in [0, 0.1) is 5.92 Å². The first-order chi connectivity index (χ1) is 8.42. The second-order valence-electron chi connectivity index (χ2n) is 5.42. The van der Waals surface area contributed by atoms with Crippen LogP contribution in [0.2, 0.25) is 0 Å². The summed E-state index contributed by atoms with van der Waals surface area (Å²) in [6.07, 6.45) is 5.48. The molecule has 0 nitrogen and oxygen atoms in total. The Labute approximate surface area is 102 Å². The Bertz CT molecular complexity index is 613. The van der Waals surface area contributed by atoms with E-state index in [1.807, 2.05) is 0 Å². The number of benzene rings is 2. The number of hydrogen-bond donors (Lipinski definition) is 0. The lowest BCUT2D eigenvalue weighted by molar-refractivity contribution is 0.582. The van der Waals surface area contributed by atoms with E-state index in [0.717, 1.165) is 5.92 Å². The molecule has 0 spiro atoms. The fourth-order valence-electron chi connectivity index (χ4n) is 3.60. The third-order valence-electron chi connectivity index (χ3n) is 4.42. The smallest absolute Gasteiger partial charge is 0.0109 e. The van der Waals surface area contributed by atoms with Gasteiger partial charge in [0, 0.05) is 0 Å². The van der Waals surface area contributed by atoms with Crippen molar-refractivity contribution in [2.24, 2.45) is 5.92 Å². The predicted octanol–water partition coefficient (Wildman–Crippen LogP) is 4.80. The van der Waals surface area contributed by atoms with Crippen LogP contribution in [0.5, 0.6) is 0 Å². The lowest BCUT2D eigenvalue weighted by Gasteiger charge is -2.14. The van der Waals surface area contributed by atoms with E-state index < -0.39 is 0 Å². The largest absolute Gasteiger partial charge is 0.0661 e. The minimum absolute atomic E-state index is 0.957. The Morgan fingerprint density at radius 3 is 2.59 bits per heavy atom. The van der Waals surface area contributed by atoms with Gasteiger partial charge in [0.1, 0.15) is 0 Å². The number of fused-ring (bicyclic) bond motifs is 3. The van der Waals surface area contributed by atoms with Crippen LogP contribution in [0.1, 0.15) is 31.2 Å². The SMILES string of the molecule is c1ccc2c(C3=C4CCC(C4)C3)cccc2c1. The number of rotatable bonds is 1. The Balaban J connectivity index is 1.97. The van der Waals surface area contributed by atoms with Crippen molar-refractivity contribution in [3.8, 4) is 0 Å². The Kier molecular flexibility index (Phi) is 1.93. The molecule has 2 aromatic carbocycles. The maximum atomic E-state index is 2.31. The highest BCUT2D eigenvalue weighted by Crippen LogP contribution is 2.49. The van der Waals surface area contributed by atoms with Crippen LogP contribution >= 0.6 is 0 Å². The van der Waals surface area contributed by atoms with Crippen LogP contribution < -0.4 is 0 Å². The summed E-state index contributed by atoms with van der Waals surface area (Å²) in [6, 6.07) is 15.5. The van der Waals surface area contributed by atoms with Gasteiger partial charge in [-0.2, -0.15) is 0 Å². The minimum atomic E-state index is 0.957. The maximum absolute atomic E-state index is 2.31. The van der Waals surface area contributed by atoms with E-state index in [1.54, 1.807) is 11.1 Å². The summed E-state index contributed by atoms with van der Waals surface area (Å²) in [5.41, 5.74) is 4.91. The van der Waals surface area contributed by atoms with E-state index in [-0.39, 0.29) is 0 Å². The predicted molar refractivity (Wildman–Crippen MR) is 72.8 cm³/mol. The molecule has 84 valence electrons. The highest BCUT2D eigenvalue weighted by molar-refractivity contribution is 5.95. The molecule has 0 aromatic heterocycles. The van der Waals surface area contributed by atoms with Gasteiger partial charge in [0.15, 0.2) is 0 Å². The van der Waals surface area contributed by atoms with Crippen LogP contribution in [0.3, 0.4) is 0 Å². The van der Waals surface area contributed by atoms with Crippen molar-refractivity contribution in [1.82, 2.24) is 0 Å². The van der Waals surface area contributed by atoms with Gasteiger partial charge in [0.2, 0.25) is 0 Å². The van der Waals surface area contributed by atoms with E-state index in [9.17, 15) is 0 Å². The van der Waals surface area contributed by atoms with E-state index >= 15 is 0 Å². The van der Waals surface area contributed by atoms with Crippen LogP contribution in [0.4, 0.5) is 0 Å². The summed E-state index contributed by atoms with van der Waals surface area (Å²) in [5.74, 6) is 0.957. The Morgan fingerprint density at radius 2 is 1.76 bits per heavy atom. The lowest BCUT2D eigenvalue weighted by atomic mass is 9.90. The molecule has 2 bridgehead atoms. The van der Waals surface area contributed by atoms with E-state index in [1.165, 1.54) is 42.0 Å². The summed E-state index contributed by atoms with van der Waals surface area (Å²) in [7, 11) is 0. The molecule has 0 saturated heterocycles. The molecule has 1 unspecified atom stereocenters. The first-order valence-electron chi connectivity index (χ1n) is 6.61. The molecule has 2 aromatic rings. The minimum Gasteiger partial charge on any atom is -0.0661 e. The fourth-order valence-corrected chi connectivity index (χ4v) is 3.60. The van der Waals surface area contributed by atoms with Crippen molar-refractivity contribution in [1.29, 1.82) is 0 Å². The molecule has 1 saturated carbocycles. The van der Waals surface area contributed by atoms with Gasteiger partial charge in [-0.3, -0.25) is 0 Å². The Morgan fingerprint density at radius 1 is 0.882 bits per heavy atom. The molecular formula is C17H16.